The fraction of sp³-hybridized carbons (Fsp3) is 0.429. The predicted octanol–water partition coefficient (Wildman–Crippen LogP) is 4.72. The monoisotopic (exact) mass is 293 g/mol. The van der Waals surface area contributed by atoms with E-state index >= 15 is 0 Å². The summed E-state index contributed by atoms with van der Waals surface area (Å²) in [5.74, 6) is 0.821. The van der Waals surface area contributed by atoms with Crippen LogP contribution in [-0.2, 0) is 5.41 Å². The quantitative estimate of drug-likeness (QED) is 0.788. The third-order valence-corrected chi connectivity index (χ3v) is 5.36. The molecule has 116 valence electrons. The Morgan fingerprint density at radius 2 is 1.32 bits per heavy atom. The van der Waals surface area contributed by atoms with Crippen molar-refractivity contribution in [3.8, 4) is 0 Å². The van der Waals surface area contributed by atoms with Gasteiger partial charge >= 0.3 is 0 Å². The normalized spacial score (nSPS) is 17.5. The smallest absolute Gasteiger partial charge is 0.0177 e. The van der Waals surface area contributed by atoms with Crippen molar-refractivity contribution in [1.29, 1.82) is 0 Å². The van der Waals surface area contributed by atoms with Gasteiger partial charge < -0.3 is 4.90 Å². The lowest BCUT2D eigenvalue weighted by molar-refractivity contribution is 0.196. The van der Waals surface area contributed by atoms with Crippen LogP contribution >= 0.6 is 0 Å². The zero-order valence-electron chi connectivity index (χ0n) is 13.8. The van der Waals surface area contributed by atoms with Crippen molar-refractivity contribution in [2.45, 2.75) is 31.6 Å². The maximum Gasteiger partial charge on any atom is 0.0177 e. The van der Waals surface area contributed by atoms with E-state index in [2.05, 4.69) is 79.5 Å². The Bertz CT molecular complexity index is 528. The number of benzene rings is 2. The molecular formula is C21H27N. The number of rotatable bonds is 4. The van der Waals surface area contributed by atoms with E-state index in [9.17, 15) is 0 Å². The third kappa shape index (κ3) is 3.25. The van der Waals surface area contributed by atoms with E-state index in [-0.39, 0.29) is 5.41 Å². The van der Waals surface area contributed by atoms with Gasteiger partial charge in [-0.2, -0.15) is 0 Å². The zero-order chi connectivity index (χ0) is 15.4. The molecule has 0 amide bonds. The molecule has 1 heterocycles. The number of hydrogen-bond donors (Lipinski definition) is 0. The van der Waals surface area contributed by atoms with Gasteiger partial charge in [0.15, 0.2) is 0 Å². The molecule has 0 spiro atoms. The Kier molecular flexibility index (Phi) is 4.63. The molecule has 1 fully saturated rings. The SMILES string of the molecule is CN1CCC(CC(C)(c2ccccc2)c2ccccc2)CC1. The second-order valence-electron chi connectivity index (χ2n) is 7.01. The Morgan fingerprint density at radius 3 is 1.77 bits per heavy atom. The van der Waals surface area contributed by atoms with Gasteiger partial charge in [-0.25, -0.2) is 0 Å². The van der Waals surface area contributed by atoms with E-state index in [1.54, 1.807) is 0 Å². The highest BCUT2D eigenvalue weighted by molar-refractivity contribution is 5.38. The fourth-order valence-electron chi connectivity index (χ4n) is 3.86. The van der Waals surface area contributed by atoms with E-state index in [0.29, 0.717) is 0 Å². The molecule has 1 aliphatic heterocycles. The summed E-state index contributed by atoms with van der Waals surface area (Å²) in [5, 5.41) is 0. The highest BCUT2D eigenvalue weighted by Crippen LogP contribution is 2.40. The van der Waals surface area contributed by atoms with Crippen LogP contribution in [0.2, 0.25) is 0 Å². The lowest BCUT2D eigenvalue weighted by Crippen LogP contribution is -2.34. The lowest BCUT2D eigenvalue weighted by Gasteiger charge is -2.38. The van der Waals surface area contributed by atoms with Crippen molar-refractivity contribution in [2.24, 2.45) is 5.92 Å². The molecule has 0 atom stereocenters. The first kappa shape index (κ1) is 15.3. The van der Waals surface area contributed by atoms with Gasteiger partial charge in [0.1, 0.15) is 0 Å². The summed E-state index contributed by atoms with van der Waals surface area (Å²) in [5.41, 5.74) is 3.00. The molecule has 2 aromatic rings. The molecule has 0 saturated carbocycles. The van der Waals surface area contributed by atoms with Crippen LogP contribution in [0.15, 0.2) is 60.7 Å². The molecule has 0 radical (unpaired) electrons. The number of hydrogen-bond acceptors (Lipinski definition) is 1. The van der Waals surface area contributed by atoms with Gasteiger partial charge in [0.25, 0.3) is 0 Å². The van der Waals surface area contributed by atoms with E-state index in [4.69, 9.17) is 0 Å². The molecule has 0 unspecified atom stereocenters. The summed E-state index contributed by atoms with van der Waals surface area (Å²) in [7, 11) is 2.24. The van der Waals surface area contributed by atoms with E-state index in [1.807, 2.05) is 0 Å². The van der Waals surface area contributed by atoms with Crippen LogP contribution in [0, 0.1) is 5.92 Å². The summed E-state index contributed by atoms with van der Waals surface area (Å²) in [6, 6.07) is 22.1. The molecule has 2 aromatic carbocycles. The minimum Gasteiger partial charge on any atom is -0.306 e. The summed E-state index contributed by atoms with van der Waals surface area (Å²) in [6.07, 6.45) is 3.90. The molecule has 22 heavy (non-hydrogen) atoms. The average Bonchev–Trinajstić information content (AvgIpc) is 2.58. The van der Waals surface area contributed by atoms with Crippen molar-refractivity contribution in [2.75, 3.05) is 20.1 Å². The molecule has 3 rings (SSSR count). The highest BCUT2D eigenvalue weighted by Gasteiger charge is 2.32. The van der Waals surface area contributed by atoms with Crippen molar-refractivity contribution in [3.63, 3.8) is 0 Å². The van der Waals surface area contributed by atoms with Crippen LogP contribution in [0.25, 0.3) is 0 Å². The Morgan fingerprint density at radius 1 is 0.864 bits per heavy atom. The van der Waals surface area contributed by atoms with Crippen LogP contribution in [0.1, 0.15) is 37.3 Å². The van der Waals surface area contributed by atoms with Crippen LogP contribution in [0.5, 0.6) is 0 Å². The maximum absolute atomic E-state index is 2.46. The second kappa shape index (κ2) is 6.66. The molecule has 1 heteroatoms. The molecule has 1 nitrogen and oxygen atoms in total. The van der Waals surface area contributed by atoms with Crippen molar-refractivity contribution in [3.05, 3.63) is 71.8 Å². The average molecular weight is 293 g/mol. The highest BCUT2D eigenvalue weighted by atomic mass is 15.1. The molecule has 1 saturated heterocycles. The second-order valence-corrected chi connectivity index (χ2v) is 7.01. The molecule has 0 N–H and O–H groups in total. The summed E-state index contributed by atoms with van der Waals surface area (Å²) in [6.45, 7) is 4.91. The van der Waals surface area contributed by atoms with Crippen molar-refractivity contribution < 1.29 is 0 Å². The van der Waals surface area contributed by atoms with Gasteiger partial charge in [-0.3, -0.25) is 0 Å². The standard InChI is InChI=1S/C21H27N/c1-21(19-9-5-3-6-10-19,20-11-7-4-8-12-20)17-18-13-15-22(2)16-14-18/h3-12,18H,13-17H2,1-2H3. The number of piperidine rings is 1. The van der Waals surface area contributed by atoms with Crippen molar-refractivity contribution in [1.82, 2.24) is 4.90 Å². The molecule has 0 aliphatic carbocycles. The van der Waals surface area contributed by atoms with Crippen molar-refractivity contribution >= 4 is 0 Å². The molecule has 0 aromatic heterocycles. The maximum atomic E-state index is 2.46. The third-order valence-electron chi connectivity index (χ3n) is 5.36. The minimum atomic E-state index is 0.114. The van der Waals surface area contributed by atoms with Gasteiger partial charge in [0, 0.05) is 5.41 Å². The molecule has 0 bridgehead atoms. The molecule has 1 aliphatic rings. The van der Waals surface area contributed by atoms with E-state index in [1.165, 1.54) is 43.5 Å². The van der Waals surface area contributed by atoms with Crippen LogP contribution in [0.4, 0.5) is 0 Å². The van der Waals surface area contributed by atoms with Crippen LogP contribution < -0.4 is 0 Å². The zero-order valence-corrected chi connectivity index (χ0v) is 13.8. The lowest BCUT2D eigenvalue weighted by atomic mass is 9.69. The summed E-state index contributed by atoms with van der Waals surface area (Å²) in [4.78, 5) is 2.46. The number of nitrogens with zero attached hydrogens (tertiary/aromatic N) is 1. The predicted molar refractivity (Wildman–Crippen MR) is 94.2 cm³/mol. The topological polar surface area (TPSA) is 3.24 Å². The van der Waals surface area contributed by atoms with Gasteiger partial charge in [0.05, 0.1) is 0 Å². The van der Waals surface area contributed by atoms with Gasteiger partial charge in [-0.15, -0.1) is 0 Å². The largest absolute Gasteiger partial charge is 0.306 e. The first-order chi connectivity index (χ1) is 10.7. The number of likely N-dealkylation sites (tertiary alicyclic amines) is 1. The van der Waals surface area contributed by atoms with Crippen LogP contribution in [0.3, 0.4) is 0 Å². The Balaban J connectivity index is 1.90. The Labute approximate surface area is 135 Å². The van der Waals surface area contributed by atoms with E-state index < -0.39 is 0 Å². The first-order valence-electron chi connectivity index (χ1n) is 8.48. The van der Waals surface area contributed by atoms with E-state index in [0.717, 1.165) is 5.92 Å². The minimum absolute atomic E-state index is 0.114. The Hall–Kier alpha value is -1.60. The van der Waals surface area contributed by atoms with Gasteiger partial charge in [-0.05, 0) is 56.4 Å². The summed E-state index contributed by atoms with van der Waals surface area (Å²) >= 11 is 0. The van der Waals surface area contributed by atoms with Crippen LogP contribution in [-0.4, -0.2) is 25.0 Å². The first-order valence-corrected chi connectivity index (χ1v) is 8.48. The fourth-order valence-corrected chi connectivity index (χ4v) is 3.86. The van der Waals surface area contributed by atoms with Gasteiger partial charge in [0.2, 0.25) is 0 Å². The van der Waals surface area contributed by atoms with Gasteiger partial charge in [-0.1, -0.05) is 67.6 Å². The molecular weight excluding hydrogens is 266 g/mol. The summed E-state index contributed by atoms with van der Waals surface area (Å²) < 4.78 is 0.